The molecule has 1 aliphatic rings. The lowest BCUT2D eigenvalue weighted by atomic mass is 9.99. The summed E-state index contributed by atoms with van der Waals surface area (Å²) in [5.74, 6) is 0.392. The molecule has 0 aliphatic carbocycles. The zero-order valence-electron chi connectivity index (χ0n) is 16.2. The number of rotatable bonds is 5. The van der Waals surface area contributed by atoms with Crippen molar-refractivity contribution in [3.63, 3.8) is 0 Å². The summed E-state index contributed by atoms with van der Waals surface area (Å²) in [5, 5.41) is 0.633. The van der Waals surface area contributed by atoms with Gasteiger partial charge in [0.05, 0.1) is 38.2 Å². The van der Waals surface area contributed by atoms with Crippen molar-refractivity contribution in [3.05, 3.63) is 92.2 Å². The van der Waals surface area contributed by atoms with Gasteiger partial charge in [-0.05, 0) is 55.3 Å². The molecule has 0 fully saturated rings. The van der Waals surface area contributed by atoms with Crippen LogP contribution < -0.4 is 4.90 Å². The number of imide groups is 1. The first-order valence-corrected chi connectivity index (χ1v) is 10.9. The van der Waals surface area contributed by atoms with Gasteiger partial charge in [0.1, 0.15) is 5.76 Å². The standard InChI is InChI=1S/C23H17Cl2NO3S/c1-13-5-7-17(14(2)10-13)20-21(30-12-16-4-3-9-29-16)23(28)26(22(20)27)15-6-8-18(24)19(25)11-15/h3-11H,12H2,1-2H3. The van der Waals surface area contributed by atoms with E-state index in [1.54, 1.807) is 24.5 Å². The van der Waals surface area contributed by atoms with Gasteiger partial charge in [0.25, 0.3) is 11.8 Å². The second-order valence-electron chi connectivity index (χ2n) is 6.93. The van der Waals surface area contributed by atoms with E-state index in [0.29, 0.717) is 26.9 Å². The number of benzene rings is 2. The molecule has 0 radical (unpaired) electrons. The van der Waals surface area contributed by atoms with Crippen molar-refractivity contribution >= 4 is 58.0 Å². The second kappa shape index (κ2) is 8.34. The molecule has 1 aromatic heterocycles. The molecular weight excluding hydrogens is 441 g/mol. The predicted octanol–water partition coefficient (Wildman–Crippen LogP) is 6.42. The maximum absolute atomic E-state index is 13.5. The molecule has 4 nitrogen and oxygen atoms in total. The van der Waals surface area contributed by atoms with Gasteiger partial charge in [-0.2, -0.15) is 0 Å². The van der Waals surface area contributed by atoms with Crippen molar-refractivity contribution in [2.24, 2.45) is 0 Å². The second-order valence-corrected chi connectivity index (χ2v) is 8.73. The quantitative estimate of drug-likeness (QED) is 0.414. The van der Waals surface area contributed by atoms with E-state index < -0.39 is 0 Å². The summed E-state index contributed by atoms with van der Waals surface area (Å²) in [6.07, 6.45) is 1.58. The summed E-state index contributed by atoms with van der Waals surface area (Å²) >= 11 is 13.4. The van der Waals surface area contributed by atoms with Crippen molar-refractivity contribution in [2.75, 3.05) is 4.90 Å². The summed E-state index contributed by atoms with van der Waals surface area (Å²) in [6, 6.07) is 14.2. The first-order chi connectivity index (χ1) is 14.4. The number of carbonyl (C=O) groups is 2. The Morgan fingerprint density at radius 1 is 0.967 bits per heavy atom. The van der Waals surface area contributed by atoms with Gasteiger partial charge in [0.2, 0.25) is 0 Å². The number of furan rings is 1. The van der Waals surface area contributed by atoms with Crippen molar-refractivity contribution in [3.8, 4) is 0 Å². The van der Waals surface area contributed by atoms with Crippen molar-refractivity contribution in [1.82, 2.24) is 0 Å². The average molecular weight is 458 g/mol. The lowest BCUT2D eigenvalue weighted by Gasteiger charge is -2.16. The number of anilines is 1. The molecule has 0 saturated heterocycles. The highest BCUT2D eigenvalue weighted by molar-refractivity contribution is 8.03. The minimum Gasteiger partial charge on any atom is -0.468 e. The van der Waals surface area contributed by atoms with Crippen molar-refractivity contribution < 1.29 is 14.0 Å². The smallest absolute Gasteiger partial charge is 0.272 e. The zero-order chi connectivity index (χ0) is 21.4. The summed E-state index contributed by atoms with van der Waals surface area (Å²) in [5.41, 5.74) is 3.52. The fourth-order valence-corrected chi connectivity index (χ4v) is 4.67. The Balaban J connectivity index is 1.80. The Hall–Kier alpha value is -2.47. The number of aryl methyl sites for hydroxylation is 2. The molecule has 0 saturated carbocycles. The fraction of sp³-hybridized carbons (Fsp3) is 0.130. The van der Waals surface area contributed by atoms with Gasteiger partial charge in [-0.15, -0.1) is 11.8 Å². The summed E-state index contributed by atoms with van der Waals surface area (Å²) in [4.78, 5) is 28.3. The summed E-state index contributed by atoms with van der Waals surface area (Å²) in [6.45, 7) is 3.92. The number of carbonyl (C=O) groups excluding carboxylic acids is 2. The molecule has 7 heteroatoms. The third kappa shape index (κ3) is 3.81. The molecule has 0 spiro atoms. The highest BCUT2D eigenvalue weighted by Crippen LogP contribution is 2.41. The number of hydrogen-bond donors (Lipinski definition) is 0. The van der Waals surface area contributed by atoms with Crippen LogP contribution >= 0.6 is 35.0 Å². The minimum absolute atomic E-state index is 0.277. The minimum atomic E-state index is -0.384. The maximum Gasteiger partial charge on any atom is 0.272 e. The molecule has 1 aliphatic heterocycles. The number of thioether (sulfide) groups is 1. The largest absolute Gasteiger partial charge is 0.468 e. The first kappa shape index (κ1) is 20.8. The van der Waals surface area contributed by atoms with E-state index in [9.17, 15) is 9.59 Å². The summed E-state index contributed by atoms with van der Waals surface area (Å²) < 4.78 is 5.39. The van der Waals surface area contributed by atoms with Crippen molar-refractivity contribution in [1.29, 1.82) is 0 Å². The first-order valence-electron chi connectivity index (χ1n) is 9.17. The van der Waals surface area contributed by atoms with Crippen LogP contribution in [0.5, 0.6) is 0 Å². The normalized spacial score (nSPS) is 14.2. The molecule has 30 heavy (non-hydrogen) atoms. The topological polar surface area (TPSA) is 50.5 Å². The van der Waals surface area contributed by atoms with Gasteiger partial charge >= 0.3 is 0 Å². The van der Waals surface area contributed by atoms with Gasteiger partial charge < -0.3 is 4.42 Å². The molecule has 2 heterocycles. The molecule has 2 amide bonds. The van der Waals surface area contributed by atoms with E-state index >= 15 is 0 Å². The van der Waals surface area contributed by atoms with Crippen LogP contribution in [-0.2, 0) is 15.3 Å². The molecular formula is C23H17Cl2NO3S. The van der Waals surface area contributed by atoms with Gasteiger partial charge in [0.15, 0.2) is 0 Å². The van der Waals surface area contributed by atoms with E-state index in [4.69, 9.17) is 27.6 Å². The van der Waals surface area contributed by atoms with Crippen LogP contribution in [-0.4, -0.2) is 11.8 Å². The Bertz CT molecular complexity index is 1190. The van der Waals surface area contributed by atoms with Crippen LogP contribution in [0.2, 0.25) is 10.0 Å². The van der Waals surface area contributed by atoms with Gasteiger partial charge in [-0.1, -0.05) is 47.0 Å². The molecule has 0 bridgehead atoms. The number of halogens is 2. The monoisotopic (exact) mass is 457 g/mol. The van der Waals surface area contributed by atoms with Gasteiger partial charge in [0, 0.05) is 0 Å². The Kier molecular flexibility index (Phi) is 5.78. The van der Waals surface area contributed by atoms with Crippen LogP contribution in [0, 0.1) is 13.8 Å². The van der Waals surface area contributed by atoms with Gasteiger partial charge in [-0.3, -0.25) is 9.59 Å². The van der Waals surface area contributed by atoms with Crippen LogP contribution in [0.15, 0.2) is 64.1 Å². The highest BCUT2D eigenvalue weighted by Gasteiger charge is 2.40. The van der Waals surface area contributed by atoms with E-state index in [2.05, 4.69) is 0 Å². The lowest BCUT2D eigenvalue weighted by Crippen LogP contribution is -2.31. The molecule has 152 valence electrons. The molecule has 0 unspecified atom stereocenters. The van der Waals surface area contributed by atoms with Crippen molar-refractivity contribution in [2.45, 2.75) is 19.6 Å². The SMILES string of the molecule is Cc1ccc(C2=C(SCc3ccco3)C(=O)N(c3ccc(Cl)c(Cl)c3)C2=O)c(C)c1. The lowest BCUT2D eigenvalue weighted by molar-refractivity contribution is -0.119. The molecule has 0 atom stereocenters. The predicted molar refractivity (Wildman–Crippen MR) is 122 cm³/mol. The van der Waals surface area contributed by atoms with E-state index in [0.717, 1.165) is 27.4 Å². The van der Waals surface area contributed by atoms with E-state index in [1.165, 1.54) is 17.8 Å². The fourth-order valence-electron chi connectivity index (χ4n) is 3.37. The Labute approximate surface area is 188 Å². The highest BCUT2D eigenvalue weighted by atomic mass is 35.5. The molecule has 3 aromatic rings. The van der Waals surface area contributed by atoms with Crippen LogP contribution in [0.25, 0.3) is 5.57 Å². The molecule has 2 aromatic carbocycles. The average Bonchev–Trinajstić information content (AvgIpc) is 3.29. The zero-order valence-corrected chi connectivity index (χ0v) is 18.6. The number of hydrogen-bond acceptors (Lipinski definition) is 4. The van der Waals surface area contributed by atoms with Crippen LogP contribution in [0.4, 0.5) is 5.69 Å². The Morgan fingerprint density at radius 2 is 1.77 bits per heavy atom. The Morgan fingerprint density at radius 3 is 2.43 bits per heavy atom. The summed E-state index contributed by atoms with van der Waals surface area (Å²) in [7, 11) is 0. The number of nitrogens with zero attached hydrogens (tertiary/aromatic N) is 1. The maximum atomic E-state index is 13.5. The van der Waals surface area contributed by atoms with Crippen LogP contribution in [0.1, 0.15) is 22.5 Å². The van der Waals surface area contributed by atoms with E-state index in [1.807, 2.05) is 38.1 Å². The third-order valence-corrected chi connectivity index (χ3v) is 6.63. The molecule has 4 rings (SSSR count). The molecule has 0 N–H and O–H groups in total. The van der Waals surface area contributed by atoms with E-state index in [-0.39, 0.29) is 16.8 Å². The van der Waals surface area contributed by atoms with Crippen LogP contribution in [0.3, 0.4) is 0 Å². The number of amides is 2. The van der Waals surface area contributed by atoms with Gasteiger partial charge in [-0.25, -0.2) is 4.90 Å². The third-order valence-electron chi connectivity index (χ3n) is 4.79.